The summed E-state index contributed by atoms with van der Waals surface area (Å²) >= 11 is 0. The molecule has 3 aliphatic heterocycles. The van der Waals surface area contributed by atoms with E-state index in [-0.39, 0.29) is 11.4 Å². The third-order valence-corrected chi connectivity index (χ3v) is 7.13. The number of halogens is 3. The van der Waals surface area contributed by atoms with Gasteiger partial charge in [0.05, 0.1) is 6.10 Å². The van der Waals surface area contributed by atoms with E-state index in [1.807, 2.05) is 54.6 Å². The zero-order valence-electron chi connectivity index (χ0n) is 20.5. The summed E-state index contributed by atoms with van der Waals surface area (Å²) in [5.74, 6) is -1.09. The molecule has 2 aromatic carbocycles. The normalized spacial score (nSPS) is 23.6. The Bertz CT molecular complexity index is 1060. The van der Waals surface area contributed by atoms with E-state index in [9.17, 15) is 18.0 Å². The van der Waals surface area contributed by atoms with Crippen LogP contribution < -0.4 is 4.74 Å². The predicted molar refractivity (Wildman–Crippen MR) is 130 cm³/mol. The molecule has 0 saturated carbocycles. The van der Waals surface area contributed by atoms with Gasteiger partial charge in [0.2, 0.25) is 0 Å². The molecule has 3 fully saturated rings. The number of carboxylic acid groups (broad SMARTS) is 1. The first-order chi connectivity index (χ1) is 17.7. The maximum Gasteiger partial charge on any atom is 0.490 e. The summed E-state index contributed by atoms with van der Waals surface area (Å²) in [5.41, 5.74) is 0.897. The smallest absolute Gasteiger partial charge is 0.475 e. The van der Waals surface area contributed by atoms with Crippen molar-refractivity contribution in [2.75, 3.05) is 32.8 Å². The van der Waals surface area contributed by atoms with Gasteiger partial charge in [-0.15, -0.1) is 0 Å². The SMILES string of the molecule is O=C(O)C(F)(F)F.O=C(c1ccc(Oc2ccccc2)cc1)N1CCCC2(CCN2CC2CCCO2)C1. The van der Waals surface area contributed by atoms with Gasteiger partial charge in [-0.3, -0.25) is 9.69 Å². The molecular weight excluding hydrogens is 489 g/mol. The minimum Gasteiger partial charge on any atom is -0.475 e. The van der Waals surface area contributed by atoms with Gasteiger partial charge in [-0.1, -0.05) is 18.2 Å². The second-order valence-electron chi connectivity index (χ2n) is 9.63. The highest BCUT2D eigenvalue weighted by Gasteiger charge is 2.48. The second kappa shape index (κ2) is 11.5. The van der Waals surface area contributed by atoms with Gasteiger partial charge in [0.15, 0.2) is 0 Å². The largest absolute Gasteiger partial charge is 0.490 e. The van der Waals surface area contributed by atoms with Gasteiger partial charge in [0.25, 0.3) is 5.91 Å². The first kappa shape index (κ1) is 26.9. The molecule has 3 saturated heterocycles. The highest BCUT2D eigenvalue weighted by Crippen LogP contribution is 2.39. The molecule has 3 aliphatic rings. The fraction of sp³-hybridized carbons (Fsp3) is 0.481. The van der Waals surface area contributed by atoms with E-state index in [1.165, 1.54) is 25.7 Å². The van der Waals surface area contributed by atoms with Crippen molar-refractivity contribution in [2.24, 2.45) is 0 Å². The Morgan fingerprint density at radius 3 is 2.24 bits per heavy atom. The highest BCUT2D eigenvalue weighted by molar-refractivity contribution is 5.94. The van der Waals surface area contributed by atoms with Crippen LogP contribution in [0.2, 0.25) is 0 Å². The van der Waals surface area contributed by atoms with Crippen LogP contribution in [0, 0.1) is 0 Å². The number of hydrogen-bond donors (Lipinski definition) is 1. The molecule has 10 heteroatoms. The molecule has 0 aliphatic carbocycles. The van der Waals surface area contributed by atoms with Crippen LogP contribution in [0.1, 0.15) is 42.5 Å². The molecule has 1 spiro atoms. The van der Waals surface area contributed by atoms with Crippen molar-refractivity contribution in [1.29, 1.82) is 0 Å². The summed E-state index contributed by atoms with van der Waals surface area (Å²) in [5, 5.41) is 7.12. The fourth-order valence-corrected chi connectivity index (χ4v) is 5.13. The van der Waals surface area contributed by atoms with Crippen molar-refractivity contribution in [3.05, 3.63) is 60.2 Å². The van der Waals surface area contributed by atoms with Gasteiger partial charge in [-0.05, 0) is 68.5 Å². The van der Waals surface area contributed by atoms with Crippen LogP contribution in [0.25, 0.3) is 0 Å². The number of nitrogens with zero attached hydrogens (tertiary/aromatic N) is 2. The number of carbonyl (C=O) groups is 2. The number of piperidine rings is 1. The highest BCUT2D eigenvalue weighted by atomic mass is 19.4. The van der Waals surface area contributed by atoms with Crippen LogP contribution in [-0.4, -0.2) is 77.4 Å². The Labute approximate surface area is 213 Å². The molecule has 0 aromatic heterocycles. The Kier molecular flexibility index (Phi) is 8.39. The number of likely N-dealkylation sites (tertiary alicyclic amines) is 2. The topological polar surface area (TPSA) is 79.3 Å². The van der Waals surface area contributed by atoms with Crippen LogP contribution >= 0.6 is 0 Å². The number of carboxylic acids is 1. The summed E-state index contributed by atoms with van der Waals surface area (Å²) in [7, 11) is 0. The lowest BCUT2D eigenvalue weighted by molar-refractivity contribution is -0.192. The lowest BCUT2D eigenvalue weighted by Crippen LogP contribution is -2.68. The van der Waals surface area contributed by atoms with Gasteiger partial charge in [0.1, 0.15) is 11.5 Å². The molecule has 5 rings (SSSR count). The minimum absolute atomic E-state index is 0.129. The van der Waals surface area contributed by atoms with E-state index >= 15 is 0 Å². The summed E-state index contributed by atoms with van der Waals surface area (Å²) in [6, 6.07) is 17.2. The number of alkyl halides is 3. The molecule has 0 radical (unpaired) electrons. The summed E-state index contributed by atoms with van der Waals surface area (Å²) in [6.07, 6.45) is 1.10. The van der Waals surface area contributed by atoms with Gasteiger partial charge in [-0.2, -0.15) is 13.2 Å². The molecule has 7 nitrogen and oxygen atoms in total. The Morgan fingerprint density at radius 2 is 1.68 bits per heavy atom. The summed E-state index contributed by atoms with van der Waals surface area (Å²) < 4.78 is 43.4. The molecule has 0 bridgehead atoms. The van der Waals surface area contributed by atoms with Crippen LogP contribution in [0.4, 0.5) is 13.2 Å². The van der Waals surface area contributed by atoms with E-state index < -0.39 is 12.1 Å². The molecule has 200 valence electrons. The van der Waals surface area contributed by atoms with Crippen molar-refractivity contribution >= 4 is 11.9 Å². The quantitative estimate of drug-likeness (QED) is 0.600. The van der Waals surface area contributed by atoms with Crippen LogP contribution in [0.3, 0.4) is 0 Å². The molecule has 1 amide bonds. The number of ether oxygens (including phenoxy) is 2. The lowest BCUT2D eigenvalue weighted by atomic mass is 9.77. The molecular formula is C27H31F3N2O5. The van der Waals surface area contributed by atoms with E-state index in [2.05, 4.69) is 9.80 Å². The maximum absolute atomic E-state index is 13.2. The van der Waals surface area contributed by atoms with E-state index in [4.69, 9.17) is 19.4 Å². The number of benzene rings is 2. The van der Waals surface area contributed by atoms with E-state index in [0.717, 1.165) is 56.3 Å². The lowest BCUT2D eigenvalue weighted by Gasteiger charge is -2.57. The van der Waals surface area contributed by atoms with Crippen LogP contribution in [0.15, 0.2) is 54.6 Å². The average Bonchev–Trinajstić information content (AvgIpc) is 3.41. The summed E-state index contributed by atoms with van der Waals surface area (Å²) in [4.78, 5) is 26.7. The van der Waals surface area contributed by atoms with Crippen molar-refractivity contribution < 1.29 is 37.3 Å². The molecule has 2 atom stereocenters. The zero-order valence-corrected chi connectivity index (χ0v) is 20.5. The number of carbonyl (C=O) groups excluding carboxylic acids is 1. The fourth-order valence-electron chi connectivity index (χ4n) is 5.13. The first-order valence-corrected chi connectivity index (χ1v) is 12.5. The minimum atomic E-state index is -5.08. The predicted octanol–water partition coefficient (Wildman–Crippen LogP) is 4.97. The molecule has 2 aromatic rings. The maximum atomic E-state index is 13.2. The molecule has 37 heavy (non-hydrogen) atoms. The van der Waals surface area contributed by atoms with Gasteiger partial charge >= 0.3 is 12.1 Å². The van der Waals surface area contributed by atoms with Gasteiger partial charge in [-0.25, -0.2) is 4.79 Å². The van der Waals surface area contributed by atoms with Crippen LogP contribution in [-0.2, 0) is 9.53 Å². The molecule has 1 N–H and O–H groups in total. The Hall–Kier alpha value is -3.11. The van der Waals surface area contributed by atoms with Crippen LogP contribution in [0.5, 0.6) is 11.5 Å². The molecule has 2 unspecified atom stereocenters. The zero-order chi connectivity index (χ0) is 26.5. The third kappa shape index (κ3) is 6.81. The number of hydrogen-bond acceptors (Lipinski definition) is 5. The van der Waals surface area contributed by atoms with Crippen molar-refractivity contribution in [1.82, 2.24) is 9.80 Å². The van der Waals surface area contributed by atoms with E-state index in [1.54, 1.807) is 0 Å². The standard InChI is InChI=1S/C25H30N2O3.C2HF3O2/c28-24(20-9-11-22(12-10-20)30-21-6-2-1-3-7-21)26-15-5-13-25(19-26)14-16-27(25)18-23-8-4-17-29-23;3-2(4,5)1(6)7/h1-3,6-7,9-12,23H,4-5,8,13-19H2;(H,6,7). The number of para-hydroxylation sites is 1. The first-order valence-electron chi connectivity index (χ1n) is 12.5. The van der Waals surface area contributed by atoms with Gasteiger partial charge < -0.3 is 19.5 Å². The summed E-state index contributed by atoms with van der Waals surface area (Å²) in [6.45, 7) is 4.73. The third-order valence-electron chi connectivity index (χ3n) is 7.13. The Morgan fingerprint density at radius 1 is 1.00 bits per heavy atom. The number of rotatable bonds is 5. The Balaban J connectivity index is 0.000000405. The number of aliphatic carboxylic acids is 1. The van der Waals surface area contributed by atoms with E-state index in [0.29, 0.717) is 6.10 Å². The second-order valence-corrected chi connectivity index (χ2v) is 9.63. The average molecular weight is 521 g/mol. The van der Waals surface area contributed by atoms with Gasteiger partial charge in [0, 0.05) is 43.9 Å². The van der Waals surface area contributed by atoms with Crippen molar-refractivity contribution in [3.8, 4) is 11.5 Å². The molecule has 3 heterocycles. The van der Waals surface area contributed by atoms with Crippen molar-refractivity contribution in [2.45, 2.75) is 49.9 Å². The monoisotopic (exact) mass is 520 g/mol. The van der Waals surface area contributed by atoms with Crippen molar-refractivity contribution in [3.63, 3.8) is 0 Å². The number of amides is 1.